The van der Waals surface area contributed by atoms with Gasteiger partial charge in [-0.25, -0.2) is 0 Å². The van der Waals surface area contributed by atoms with Crippen LogP contribution in [0.15, 0.2) is 24.3 Å². The van der Waals surface area contributed by atoms with Gasteiger partial charge < -0.3 is 4.74 Å². The Morgan fingerprint density at radius 2 is 2.29 bits per heavy atom. The number of benzene rings is 1. The molecule has 3 heteroatoms. The van der Waals surface area contributed by atoms with Crippen LogP contribution >= 0.6 is 27.5 Å². The monoisotopic (exact) mass is 276 g/mol. The van der Waals surface area contributed by atoms with Gasteiger partial charge in [0.15, 0.2) is 0 Å². The molecule has 0 heterocycles. The van der Waals surface area contributed by atoms with Gasteiger partial charge in [-0.3, -0.25) is 0 Å². The van der Waals surface area contributed by atoms with Gasteiger partial charge in [-0.05, 0) is 30.5 Å². The van der Waals surface area contributed by atoms with Gasteiger partial charge in [-0.15, -0.1) is 0 Å². The van der Waals surface area contributed by atoms with Crippen LogP contribution in [0.3, 0.4) is 0 Å². The number of hydrogen-bond donors (Lipinski definition) is 0. The SMILES string of the molecule is COCCC(Br)Cc1cccc(Cl)c1. The Labute approximate surface area is 98.5 Å². The molecule has 0 aliphatic carbocycles. The zero-order valence-corrected chi connectivity index (χ0v) is 10.5. The van der Waals surface area contributed by atoms with E-state index in [0.29, 0.717) is 4.83 Å². The summed E-state index contributed by atoms with van der Waals surface area (Å²) < 4.78 is 5.02. The summed E-state index contributed by atoms with van der Waals surface area (Å²) in [5, 5.41) is 0.800. The highest BCUT2D eigenvalue weighted by Gasteiger charge is 2.05. The van der Waals surface area contributed by atoms with Crippen molar-refractivity contribution >= 4 is 27.5 Å². The molecule has 1 rings (SSSR count). The van der Waals surface area contributed by atoms with Crippen molar-refractivity contribution in [1.29, 1.82) is 0 Å². The predicted molar refractivity (Wildman–Crippen MR) is 64.4 cm³/mol. The summed E-state index contributed by atoms with van der Waals surface area (Å²) in [7, 11) is 1.72. The molecule has 1 aromatic rings. The van der Waals surface area contributed by atoms with E-state index >= 15 is 0 Å². The maximum Gasteiger partial charge on any atom is 0.0473 e. The third-order valence-corrected chi connectivity index (χ3v) is 3.00. The lowest BCUT2D eigenvalue weighted by molar-refractivity contribution is 0.194. The summed E-state index contributed by atoms with van der Waals surface area (Å²) in [5.74, 6) is 0. The van der Waals surface area contributed by atoms with Gasteiger partial charge in [-0.1, -0.05) is 39.7 Å². The highest BCUT2D eigenvalue weighted by molar-refractivity contribution is 9.09. The molecular weight excluding hydrogens is 263 g/mol. The molecule has 0 aliphatic heterocycles. The molecule has 0 fully saturated rings. The van der Waals surface area contributed by atoms with E-state index in [1.54, 1.807) is 7.11 Å². The molecular formula is C11H14BrClO. The fraction of sp³-hybridized carbons (Fsp3) is 0.455. The van der Waals surface area contributed by atoms with Crippen LogP contribution in [-0.4, -0.2) is 18.5 Å². The summed E-state index contributed by atoms with van der Waals surface area (Å²) >= 11 is 9.51. The van der Waals surface area contributed by atoms with Crippen molar-refractivity contribution < 1.29 is 4.74 Å². The van der Waals surface area contributed by atoms with Crippen molar-refractivity contribution in [3.05, 3.63) is 34.9 Å². The van der Waals surface area contributed by atoms with Crippen molar-refractivity contribution in [2.45, 2.75) is 17.7 Å². The van der Waals surface area contributed by atoms with Gasteiger partial charge in [-0.2, -0.15) is 0 Å². The van der Waals surface area contributed by atoms with Gasteiger partial charge in [0.25, 0.3) is 0 Å². The number of hydrogen-bond acceptors (Lipinski definition) is 1. The van der Waals surface area contributed by atoms with Crippen LogP contribution in [0.25, 0.3) is 0 Å². The lowest BCUT2D eigenvalue weighted by Crippen LogP contribution is -2.06. The van der Waals surface area contributed by atoms with Gasteiger partial charge in [0.2, 0.25) is 0 Å². The Kier molecular flexibility index (Phi) is 5.53. The van der Waals surface area contributed by atoms with Crippen LogP contribution < -0.4 is 0 Å². The fourth-order valence-electron chi connectivity index (χ4n) is 1.27. The molecule has 1 nitrogen and oxygen atoms in total. The second kappa shape index (κ2) is 6.44. The summed E-state index contributed by atoms with van der Waals surface area (Å²) in [5.41, 5.74) is 1.26. The van der Waals surface area contributed by atoms with Crippen molar-refractivity contribution in [2.75, 3.05) is 13.7 Å². The summed E-state index contributed by atoms with van der Waals surface area (Å²) in [6, 6.07) is 7.96. The molecule has 1 unspecified atom stereocenters. The number of alkyl halides is 1. The average molecular weight is 278 g/mol. The van der Waals surface area contributed by atoms with E-state index in [4.69, 9.17) is 16.3 Å². The van der Waals surface area contributed by atoms with Gasteiger partial charge in [0.05, 0.1) is 0 Å². The van der Waals surface area contributed by atoms with Crippen LogP contribution in [0.4, 0.5) is 0 Å². The second-order valence-electron chi connectivity index (χ2n) is 3.21. The minimum atomic E-state index is 0.459. The van der Waals surface area contributed by atoms with Gasteiger partial charge in [0, 0.05) is 23.6 Å². The molecule has 0 aromatic heterocycles. The summed E-state index contributed by atoms with van der Waals surface area (Å²) in [6.07, 6.45) is 2.01. The van der Waals surface area contributed by atoms with Crippen LogP contribution in [0.1, 0.15) is 12.0 Å². The molecule has 1 atom stereocenters. The van der Waals surface area contributed by atoms with E-state index in [1.807, 2.05) is 18.2 Å². The number of rotatable bonds is 5. The standard InChI is InChI=1S/C11H14BrClO/c1-14-6-5-10(12)7-9-3-2-4-11(13)8-9/h2-4,8,10H,5-7H2,1H3. The van der Waals surface area contributed by atoms with Gasteiger partial charge >= 0.3 is 0 Å². The minimum Gasteiger partial charge on any atom is -0.385 e. The number of halogens is 2. The van der Waals surface area contributed by atoms with Crippen LogP contribution in [0.5, 0.6) is 0 Å². The van der Waals surface area contributed by atoms with E-state index in [-0.39, 0.29) is 0 Å². The van der Waals surface area contributed by atoms with Crippen LogP contribution in [0.2, 0.25) is 5.02 Å². The Morgan fingerprint density at radius 1 is 1.50 bits per heavy atom. The third kappa shape index (κ3) is 4.45. The van der Waals surface area contributed by atoms with Crippen molar-refractivity contribution in [3.8, 4) is 0 Å². The molecule has 78 valence electrons. The maximum absolute atomic E-state index is 5.89. The van der Waals surface area contributed by atoms with E-state index < -0.39 is 0 Å². The first-order valence-electron chi connectivity index (χ1n) is 4.60. The van der Waals surface area contributed by atoms with E-state index in [0.717, 1.165) is 24.5 Å². The smallest absolute Gasteiger partial charge is 0.0473 e. The first-order valence-corrected chi connectivity index (χ1v) is 5.89. The van der Waals surface area contributed by atoms with Crippen molar-refractivity contribution in [1.82, 2.24) is 0 Å². The molecule has 0 N–H and O–H groups in total. The van der Waals surface area contributed by atoms with E-state index in [9.17, 15) is 0 Å². The Bertz CT molecular complexity index is 278. The molecule has 0 radical (unpaired) electrons. The number of methoxy groups -OCH3 is 1. The Balaban J connectivity index is 2.43. The molecule has 0 amide bonds. The largest absolute Gasteiger partial charge is 0.385 e. The fourth-order valence-corrected chi connectivity index (χ4v) is 2.04. The molecule has 0 spiro atoms. The zero-order valence-electron chi connectivity index (χ0n) is 8.17. The zero-order chi connectivity index (χ0) is 10.4. The second-order valence-corrected chi connectivity index (χ2v) is 4.94. The lowest BCUT2D eigenvalue weighted by Gasteiger charge is -2.09. The maximum atomic E-state index is 5.89. The Hall–Kier alpha value is -0.0500. The Morgan fingerprint density at radius 3 is 2.93 bits per heavy atom. The highest BCUT2D eigenvalue weighted by atomic mass is 79.9. The first kappa shape index (κ1) is 12.0. The van der Waals surface area contributed by atoms with Crippen molar-refractivity contribution in [2.24, 2.45) is 0 Å². The van der Waals surface area contributed by atoms with Gasteiger partial charge in [0.1, 0.15) is 0 Å². The summed E-state index contributed by atoms with van der Waals surface area (Å²) in [6.45, 7) is 0.788. The molecule has 1 aromatic carbocycles. The topological polar surface area (TPSA) is 9.23 Å². The van der Waals surface area contributed by atoms with Crippen molar-refractivity contribution in [3.63, 3.8) is 0 Å². The minimum absolute atomic E-state index is 0.459. The molecule has 0 saturated heterocycles. The quantitative estimate of drug-likeness (QED) is 0.746. The normalized spacial score (nSPS) is 12.8. The van der Waals surface area contributed by atoms with E-state index in [1.165, 1.54) is 5.56 Å². The summed E-state index contributed by atoms with van der Waals surface area (Å²) in [4.78, 5) is 0.459. The molecule has 0 aliphatic rings. The lowest BCUT2D eigenvalue weighted by atomic mass is 10.1. The van der Waals surface area contributed by atoms with Crippen LogP contribution in [-0.2, 0) is 11.2 Å². The molecule has 0 saturated carbocycles. The third-order valence-electron chi connectivity index (χ3n) is 1.98. The average Bonchev–Trinajstić information content (AvgIpc) is 2.15. The predicted octanol–water partition coefficient (Wildman–Crippen LogP) is 3.68. The first-order chi connectivity index (χ1) is 6.72. The number of ether oxygens (including phenoxy) is 1. The van der Waals surface area contributed by atoms with E-state index in [2.05, 4.69) is 22.0 Å². The highest BCUT2D eigenvalue weighted by Crippen LogP contribution is 2.16. The van der Waals surface area contributed by atoms with Crippen LogP contribution in [0, 0.1) is 0 Å². The molecule has 0 bridgehead atoms. The molecule has 14 heavy (non-hydrogen) atoms.